The SMILES string of the molecule is Cc1sc(NC(=O)c2cccc(Cl)c2)c(C(=O)O)c1C. The third-order valence-electron chi connectivity index (χ3n) is 2.91. The summed E-state index contributed by atoms with van der Waals surface area (Å²) in [5.74, 6) is -1.43. The lowest BCUT2D eigenvalue weighted by Crippen LogP contribution is -2.13. The number of amides is 1. The summed E-state index contributed by atoms with van der Waals surface area (Å²) in [6.07, 6.45) is 0. The fourth-order valence-electron chi connectivity index (χ4n) is 1.78. The van der Waals surface area contributed by atoms with Gasteiger partial charge in [-0.15, -0.1) is 11.3 Å². The smallest absolute Gasteiger partial charge is 0.338 e. The first-order chi connectivity index (χ1) is 9.40. The second kappa shape index (κ2) is 5.64. The van der Waals surface area contributed by atoms with Crippen molar-refractivity contribution in [1.82, 2.24) is 0 Å². The van der Waals surface area contributed by atoms with E-state index in [2.05, 4.69) is 5.32 Å². The molecule has 0 saturated heterocycles. The number of carbonyl (C=O) groups is 2. The number of carboxylic acids is 1. The molecule has 1 amide bonds. The topological polar surface area (TPSA) is 66.4 Å². The van der Waals surface area contributed by atoms with Gasteiger partial charge in [-0.3, -0.25) is 4.79 Å². The second-order valence-electron chi connectivity index (χ2n) is 4.26. The number of hydrogen-bond donors (Lipinski definition) is 2. The summed E-state index contributed by atoms with van der Waals surface area (Å²) in [6.45, 7) is 3.55. The number of hydrogen-bond acceptors (Lipinski definition) is 3. The van der Waals surface area contributed by atoms with Crippen LogP contribution in [-0.2, 0) is 0 Å². The van der Waals surface area contributed by atoms with Crippen molar-refractivity contribution >= 4 is 39.8 Å². The predicted molar refractivity (Wildman–Crippen MR) is 80.2 cm³/mol. The van der Waals surface area contributed by atoms with Crippen molar-refractivity contribution in [2.45, 2.75) is 13.8 Å². The monoisotopic (exact) mass is 309 g/mol. The van der Waals surface area contributed by atoms with E-state index in [0.717, 1.165) is 4.88 Å². The first-order valence-corrected chi connectivity index (χ1v) is 6.99. The Kier molecular flexibility index (Phi) is 4.11. The van der Waals surface area contributed by atoms with Crippen LogP contribution in [0.4, 0.5) is 5.00 Å². The molecule has 0 fully saturated rings. The third kappa shape index (κ3) is 2.84. The standard InChI is InChI=1S/C14H12ClNO3S/c1-7-8(2)20-13(11(7)14(18)19)16-12(17)9-4-3-5-10(15)6-9/h3-6H,1-2H3,(H,16,17)(H,18,19). The highest BCUT2D eigenvalue weighted by Crippen LogP contribution is 2.32. The minimum absolute atomic E-state index is 0.142. The zero-order chi connectivity index (χ0) is 14.9. The highest BCUT2D eigenvalue weighted by molar-refractivity contribution is 7.16. The Hall–Kier alpha value is -1.85. The maximum absolute atomic E-state index is 12.1. The lowest BCUT2D eigenvalue weighted by Gasteiger charge is -2.05. The summed E-state index contributed by atoms with van der Waals surface area (Å²) in [4.78, 5) is 24.2. The van der Waals surface area contributed by atoms with E-state index in [1.54, 1.807) is 25.1 Å². The molecular formula is C14H12ClNO3S. The Morgan fingerprint density at radius 1 is 1.30 bits per heavy atom. The molecule has 2 rings (SSSR count). The molecule has 6 heteroatoms. The van der Waals surface area contributed by atoms with Gasteiger partial charge in [0.15, 0.2) is 0 Å². The zero-order valence-corrected chi connectivity index (χ0v) is 12.4. The number of nitrogens with one attached hydrogen (secondary N) is 1. The highest BCUT2D eigenvalue weighted by Gasteiger charge is 2.20. The van der Waals surface area contributed by atoms with Gasteiger partial charge in [0.1, 0.15) is 5.00 Å². The molecule has 0 saturated carbocycles. The van der Waals surface area contributed by atoms with Gasteiger partial charge in [-0.1, -0.05) is 17.7 Å². The molecule has 0 aliphatic rings. The highest BCUT2D eigenvalue weighted by atomic mass is 35.5. The fraction of sp³-hybridized carbons (Fsp3) is 0.143. The summed E-state index contributed by atoms with van der Waals surface area (Å²) in [7, 11) is 0. The molecule has 2 aromatic rings. The lowest BCUT2D eigenvalue weighted by atomic mass is 10.1. The Balaban J connectivity index is 2.33. The molecule has 1 aromatic heterocycles. The minimum atomic E-state index is -1.05. The van der Waals surface area contributed by atoms with Crippen LogP contribution in [0.2, 0.25) is 5.02 Å². The Morgan fingerprint density at radius 3 is 2.60 bits per heavy atom. The average molecular weight is 310 g/mol. The van der Waals surface area contributed by atoms with Crippen molar-refractivity contribution in [2.75, 3.05) is 5.32 Å². The van der Waals surface area contributed by atoms with Crippen LogP contribution in [0.25, 0.3) is 0 Å². The number of aromatic carboxylic acids is 1. The lowest BCUT2D eigenvalue weighted by molar-refractivity contribution is 0.0697. The molecule has 104 valence electrons. The van der Waals surface area contributed by atoms with Gasteiger partial charge in [0.2, 0.25) is 0 Å². The molecule has 2 N–H and O–H groups in total. The quantitative estimate of drug-likeness (QED) is 0.901. The molecule has 0 aliphatic carbocycles. The number of carbonyl (C=O) groups excluding carboxylic acids is 1. The molecule has 0 spiro atoms. The van der Waals surface area contributed by atoms with Gasteiger partial charge in [0.25, 0.3) is 5.91 Å². The number of benzene rings is 1. The number of rotatable bonds is 3. The van der Waals surface area contributed by atoms with Gasteiger partial charge < -0.3 is 10.4 Å². The third-order valence-corrected chi connectivity index (χ3v) is 4.27. The summed E-state index contributed by atoms with van der Waals surface area (Å²) in [6, 6.07) is 6.49. The van der Waals surface area contributed by atoms with Crippen molar-refractivity contribution in [3.05, 3.63) is 50.9 Å². The van der Waals surface area contributed by atoms with Crippen molar-refractivity contribution in [3.63, 3.8) is 0 Å². The van der Waals surface area contributed by atoms with Crippen LogP contribution < -0.4 is 5.32 Å². The summed E-state index contributed by atoms with van der Waals surface area (Å²) in [5.41, 5.74) is 1.20. The normalized spacial score (nSPS) is 10.3. The van der Waals surface area contributed by atoms with Gasteiger partial charge in [-0.05, 0) is 37.6 Å². The van der Waals surface area contributed by atoms with E-state index in [-0.39, 0.29) is 11.5 Å². The molecule has 1 aromatic carbocycles. The molecule has 20 heavy (non-hydrogen) atoms. The van der Waals surface area contributed by atoms with E-state index in [4.69, 9.17) is 11.6 Å². The average Bonchev–Trinajstić information content (AvgIpc) is 2.64. The van der Waals surface area contributed by atoms with Crippen LogP contribution in [-0.4, -0.2) is 17.0 Å². The second-order valence-corrected chi connectivity index (χ2v) is 5.92. The molecule has 0 radical (unpaired) electrons. The molecule has 0 atom stereocenters. The van der Waals surface area contributed by atoms with E-state index in [0.29, 0.717) is 21.2 Å². The number of carboxylic acid groups (broad SMARTS) is 1. The van der Waals surface area contributed by atoms with Crippen molar-refractivity contribution in [2.24, 2.45) is 0 Å². The van der Waals surface area contributed by atoms with E-state index >= 15 is 0 Å². The van der Waals surface area contributed by atoms with Crippen molar-refractivity contribution in [3.8, 4) is 0 Å². The summed E-state index contributed by atoms with van der Waals surface area (Å²) < 4.78 is 0. The Morgan fingerprint density at radius 2 is 2.00 bits per heavy atom. The molecule has 0 aliphatic heterocycles. The van der Waals surface area contributed by atoms with Gasteiger partial charge >= 0.3 is 5.97 Å². The van der Waals surface area contributed by atoms with Crippen LogP contribution in [0.15, 0.2) is 24.3 Å². The van der Waals surface area contributed by atoms with Crippen LogP contribution in [0.5, 0.6) is 0 Å². The molecular weight excluding hydrogens is 298 g/mol. The molecule has 4 nitrogen and oxygen atoms in total. The number of anilines is 1. The number of halogens is 1. The van der Waals surface area contributed by atoms with Crippen molar-refractivity contribution in [1.29, 1.82) is 0 Å². The Bertz CT molecular complexity index is 694. The summed E-state index contributed by atoms with van der Waals surface area (Å²) >= 11 is 7.08. The van der Waals surface area contributed by atoms with Crippen LogP contribution in [0.1, 0.15) is 31.2 Å². The maximum Gasteiger partial charge on any atom is 0.338 e. The minimum Gasteiger partial charge on any atom is -0.478 e. The first-order valence-electron chi connectivity index (χ1n) is 5.80. The zero-order valence-electron chi connectivity index (χ0n) is 10.9. The van der Waals surface area contributed by atoms with Crippen LogP contribution in [0.3, 0.4) is 0 Å². The molecule has 0 unspecified atom stereocenters. The Labute approximate surface area is 125 Å². The predicted octanol–water partition coefficient (Wildman–Crippen LogP) is 3.97. The van der Waals surface area contributed by atoms with E-state index in [9.17, 15) is 14.7 Å². The maximum atomic E-state index is 12.1. The fourth-order valence-corrected chi connectivity index (χ4v) is 3.02. The largest absolute Gasteiger partial charge is 0.478 e. The van der Waals surface area contributed by atoms with Gasteiger partial charge in [-0.2, -0.15) is 0 Å². The summed E-state index contributed by atoms with van der Waals surface area (Å²) in [5, 5.41) is 12.7. The number of thiophene rings is 1. The van der Waals surface area contributed by atoms with Gasteiger partial charge in [0.05, 0.1) is 5.56 Å². The number of aryl methyl sites for hydroxylation is 1. The van der Waals surface area contributed by atoms with Crippen molar-refractivity contribution < 1.29 is 14.7 Å². The van der Waals surface area contributed by atoms with Gasteiger partial charge in [0, 0.05) is 15.5 Å². The molecule has 1 heterocycles. The van der Waals surface area contributed by atoms with E-state index in [1.165, 1.54) is 17.4 Å². The van der Waals surface area contributed by atoms with E-state index in [1.807, 2.05) is 6.92 Å². The first kappa shape index (κ1) is 14.6. The van der Waals surface area contributed by atoms with E-state index < -0.39 is 5.97 Å². The van der Waals surface area contributed by atoms with Gasteiger partial charge in [-0.25, -0.2) is 4.79 Å². The van der Waals surface area contributed by atoms with Crippen LogP contribution in [0, 0.1) is 13.8 Å². The molecule has 0 bridgehead atoms. The van der Waals surface area contributed by atoms with Crippen LogP contribution >= 0.6 is 22.9 Å².